The van der Waals surface area contributed by atoms with Crippen LogP contribution in [0.3, 0.4) is 0 Å². The number of nitrogens with zero attached hydrogens (tertiary/aromatic N) is 4. The number of fused-ring (bicyclic) bond motifs is 7. The first kappa shape index (κ1) is 33.1. The maximum atomic E-state index is 14.9. The number of hydrogen-bond acceptors (Lipinski definition) is 6. The van der Waals surface area contributed by atoms with E-state index in [9.17, 15) is 18.0 Å². The second-order valence-corrected chi connectivity index (χ2v) is 16.5. The summed E-state index contributed by atoms with van der Waals surface area (Å²) in [6.45, 7) is 5.25. The van der Waals surface area contributed by atoms with Gasteiger partial charge in [-0.25, -0.2) is 4.72 Å². The van der Waals surface area contributed by atoms with Gasteiger partial charge in [0, 0.05) is 67.7 Å². The fraction of sp³-hybridized carbons (Fsp3) is 0.568. The molecule has 0 spiro atoms. The Morgan fingerprint density at radius 3 is 2.50 bits per heavy atom. The van der Waals surface area contributed by atoms with Crippen LogP contribution in [0.2, 0.25) is 0 Å². The third kappa shape index (κ3) is 5.51. The second-order valence-electron chi connectivity index (χ2n) is 14.6. The predicted octanol–water partition coefficient (Wildman–Crippen LogP) is 5.33. The van der Waals surface area contributed by atoms with Crippen LogP contribution in [-0.4, -0.2) is 92.8 Å². The third-order valence-corrected chi connectivity index (χ3v) is 13.0. The zero-order valence-corrected chi connectivity index (χ0v) is 29.7. The summed E-state index contributed by atoms with van der Waals surface area (Å²) in [5.41, 5.74) is 5.27. The lowest BCUT2D eigenvalue weighted by atomic mass is 9.81. The van der Waals surface area contributed by atoms with Crippen LogP contribution >= 0.6 is 0 Å². The van der Waals surface area contributed by atoms with Crippen molar-refractivity contribution < 1.29 is 22.7 Å². The molecule has 3 atom stereocenters. The number of amides is 2. The van der Waals surface area contributed by atoms with E-state index in [1.807, 2.05) is 18.2 Å². The van der Waals surface area contributed by atoms with Crippen molar-refractivity contribution in [3.63, 3.8) is 0 Å². The van der Waals surface area contributed by atoms with Gasteiger partial charge in [0.2, 0.25) is 5.91 Å². The molecule has 1 saturated heterocycles. The van der Waals surface area contributed by atoms with Gasteiger partial charge in [0.05, 0.1) is 18.2 Å². The van der Waals surface area contributed by atoms with Gasteiger partial charge in [-0.1, -0.05) is 32.3 Å². The van der Waals surface area contributed by atoms with Crippen LogP contribution in [0, 0.1) is 5.41 Å². The molecule has 4 aliphatic rings. The summed E-state index contributed by atoms with van der Waals surface area (Å²) in [4.78, 5) is 32.8. The van der Waals surface area contributed by atoms with E-state index >= 15 is 0 Å². The van der Waals surface area contributed by atoms with Crippen LogP contribution in [0.4, 0.5) is 0 Å². The van der Waals surface area contributed by atoms with E-state index < -0.39 is 21.5 Å². The minimum atomic E-state index is -3.97. The number of hydrogen-bond donors (Lipinski definition) is 1. The molecule has 3 aromatic rings. The van der Waals surface area contributed by atoms with E-state index in [1.165, 1.54) is 38.9 Å². The minimum absolute atomic E-state index is 0.0612. The highest BCUT2D eigenvalue weighted by atomic mass is 32.2. The van der Waals surface area contributed by atoms with Crippen LogP contribution in [0.1, 0.15) is 91.6 Å². The largest absolute Gasteiger partial charge is 0.497 e. The number of carbonyl (C=O) groups is 2. The molecule has 2 aromatic carbocycles. The van der Waals surface area contributed by atoms with Crippen molar-refractivity contribution >= 4 is 32.9 Å². The number of methoxy groups -OCH3 is 1. The fourth-order valence-corrected chi connectivity index (χ4v) is 9.29. The number of nitrogens with one attached hydrogen (secondary N) is 1. The number of carbonyl (C=O) groups excluding carboxylic acids is 2. The highest BCUT2D eigenvalue weighted by molar-refractivity contribution is 7.87. The number of rotatable bonds is 9. The Kier molecular flexibility index (Phi) is 8.61. The molecule has 7 rings (SSSR count). The summed E-state index contributed by atoms with van der Waals surface area (Å²) in [7, 11) is 2.63. The van der Waals surface area contributed by atoms with Crippen molar-refractivity contribution in [1.82, 2.24) is 23.4 Å². The zero-order chi connectivity index (χ0) is 34.0. The molecule has 2 aliphatic carbocycles. The summed E-state index contributed by atoms with van der Waals surface area (Å²) in [6.07, 6.45) is 8.54. The molecule has 11 heteroatoms. The van der Waals surface area contributed by atoms with Gasteiger partial charge in [-0.15, -0.1) is 0 Å². The van der Waals surface area contributed by atoms with Crippen molar-refractivity contribution in [1.29, 1.82) is 0 Å². The number of ether oxygens (including phenoxy) is 1. The molecule has 258 valence electrons. The Balaban J connectivity index is 1.41. The van der Waals surface area contributed by atoms with Crippen molar-refractivity contribution in [3.05, 3.63) is 53.1 Å². The Hall–Kier alpha value is -3.41. The Morgan fingerprint density at radius 2 is 1.79 bits per heavy atom. The number of likely N-dealkylation sites (N-methyl/N-ethyl adjacent to an activating group) is 1. The molecule has 1 N–H and O–H groups in total. The lowest BCUT2D eigenvalue weighted by molar-refractivity contribution is -0.138. The molecule has 3 heterocycles. The first-order chi connectivity index (χ1) is 23.0. The third-order valence-electron chi connectivity index (χ3n) is 11.6. The number of likely N-dealkylation sites (tertiary alicyclic amines) is 1. The van der Waals surface area contributed by atoms with Crippen LogP contribution in [0.5, 0.6) is 5.75 Å². The molecule has 2 aliphatic heterocycles. The van der Waals surface area contributed by atoms with Gasteiger partial charge in [0.1, 0.15) is 5.75 Å². The highest BCUT2D eigenvalue weighted by Gasteiger charge is 2.64. The number of aromatic nitrogens is 1. The van der Waals surface area contributed by atoms with Gasteiger partial charge in [-0.3, -0.25) is 9.59 Å². The lowest BCUT2D eigenvalue weighted by Crippen LogP contribution is -2.46. The second kappa shape index (κ2) is 12.5. The van der Waals surface area contributed by atoms with Gasteiger partial charge < -0.3 is 19.1 Å². The predicted molar refractivity (Wildman–Crippen MR) is 188 cm³/mol. The zero-order valence-electron chi connectivity index (χ0n) is 28.9. The summed E-state index contributed by atoms with van der Waals surface area (Å²) < 4.78 is 36.4. The average Bonchev–Trinajstić information content (AvgIpc) is 3.52. The summed E-state index contributed by atoms with van der Waals surface area (Å²) in [5, 5.41) is 1.08. The molecule has 48 heavy (non-hydrogen) atoms. The van der Waals surface area contributed by atoms with Crippen LogP contribution in [0.25, 0.3) is 22.2 Å². The maximum Gasteiger partial charge on any atom is 0.303 e. The van der Waals surface area contributed by atoms with E-state index in [4.69, 9.17) is 4.74 Å². The molecule has 2 saturated carbocycles. The van der Waals surface area contributed by atoms with Gasteiger partial charge in [-0.2, -0.15) is 12.7 Å². The SMILES string of the molecule is CCN(C)CC1CCCN1C(=O)[C@]12C[C@H]1c1cc(OC)ccc1-c1c(C3CCCCC3)c3ccc(C(=O)NS(=O)(=O)N(C)C)cc3n1C2. The summed E-state index contributed by atoms with van der Waals surface area (Å²) in [5.74, 6) is 0.763. The summed E-state index contributed by atoms with van der Waals surface area (Å²) in [6, 6.07) is 12.1. The van der Waals surface area contributed by atoms with Gasteiger partial charge in [0.25, 0.3) is 5.91 Å². The van der Waals surface area contributed by atoms with E-state index in [0.29, 0.717) is 12.5 Å². The average molecular weight is 676 g/mol. The van der Waals surface area contributed by atoms with E-state index in [1.54, 1.807) is 13.2 Å². The van der Waals surface area contributed by atoms with Crippen molar-refractivity contribution in [2.24, 2.45) is 5.41 Å². The molecular weight excluding hydrogens is 627 g/mol. The van der Waals surface area contributed by atoms with Crippen molar-refractivity contribution in [2.75, 3.05) is 47.9 Å². The number of benzene rings is 2. The monoisotopic (exact) mass is 675 g/mol. The molecule has 0 bridgehead atoms. The molecule has 1 aromatic heterocycles. The van der Waals surface area contributed by atoms with Crippen molar-refractivity contribution in [2.45, 2.75) is 82.7 Å². The molecule has 2 amide bonds. The van der Waals surface area contributed by atoms with E-state index in [-0.39, 0.29) is 23.4 Å². The van der Waals surface area contributed by atoms with E-state index in [0.717, 1.165) is 89.5 Å². The van der Waals surface area contributed by atoms with Crippen LogP contribution < -0.4 is 9.46 Å². The molecule has 3 fully saturated rings. The lowest BCUT2D eigenvalue weighted by Gasteiger charge is -2.32. The fourth-order valence-electron chi connectivity index (χ4n) is 8.76. The quantitative estimate of drug-likeness (QED) is 0.329. The summed E-state index contributed by atoms with van der Waals surface area (Å²) >= 11 is 0. The first-order valence-electron chi connectivity index (χ1n) is 17.6. The van der Waals surface area contributed by atoms with Crippen LogP contribution in [-0.2, 0) is 21.5 Å². The normalized spacial score (nSPS) is 23.9. The van der Waals surface area contributed by atoms with Crippen LogP contribution in [0.15, 0.2) is 36.4 Å². The van der Waals surface area contributed by atoms with Crippen molar-refractivity contribution in [3.8, 4) is 17.0 Å². The Morgan fingerprint density at radius 1 is 1.02 bits per heavy atom. The topological polar surface area (TPSA) is 104 Å². The standard InChI is InChI=1S/C37H49N5O5S/c1-6-40(4)22-26-13-10-18-41(26)36(44)37-21-31(37)30-20-27(47-5)15-17-28(30)34-33(24-11-8-7-9-12-24)29-16-14-25(19-32(29)42(34)23-37)35(43)38-48(45,46)39(2)3/h14-17,19-20,24,26,31H,6-13,18,21-23H2,1-5H3,(H,38,43)/t26?,31-,37-/m0/s1. The smallest absolute Gasteiger partial charge is 0.303 e. The van der Waals surface area contributed by atoms with Gasteiger partial charge in [-0.05, 0) is 93.1 Å². The minimum Gasteiger partial charge on any atom is -0.497 e. The Bertz CT molecular complexity index is 1860. The molecule has 10 nitrogen and oxygen atoms in total. The van der Waals surface area contributed by atoms with Gasteiger partial charge >= 0.3 is 10.2 Å². The van der Waals surface area contributed by atoms with E-state index in [2.05, 4.69) is 45.2 Å². The molecule has 0 radical (unpaired) electrons. The maximum absolute atomic E-state index is 14.9. The van der Waals surface area contributed by atoms with Gasteiger partial charge in [0.15, 0.2) is 0 Å². The highest BCUT2D eigenvalue weighted by Crippen LogP contribution is 2.66. The Labute approximate surface area is 284 Å². The molecule has 1 unspecified atom stereocenters. The molecular formula is C37H49N5O5S. The first-order valence-corrected chi connectivity index (χ1v) is 19.0.